The monoisotopic (exact) mass is 468 g/mol. The Morgan fingerprint density at radius 2 is 1.88 bits per heavy atom. The van der Waals surface area contributed by atoms with E-state index >= 15 is 0 Å². The number of benzene rings is 1. The van der Waals surface area contributed by atoms with Gasteiger partial charge < -0.3 is 10.0 Å². The van der Waals surface area contributed by atoms with Gasteiger partial charge in [0, 0.05) is 26.6 Å². The van der Waals surface area contributed by atoms with Crippen LogP contribution in [0.15, 0.2) is 23.0 Å². The van der Waals surface area contributed by atoms with Crippen LogP contribution in [-0.2, 0) is 23.1 Å². The first-order valence-corrected chi connectivity index (χ1v) is 12.2. The van der Waals surface area contributed by atoms with E-state index in [1.807, 2.05) is 12.1 Å². The Balaban J connectivity index is 1.32. The average Bonchev–Trinajstić information content (AvgIpc) is 3.04. The highest BCUT2D eigenvalue weighted by Gasteiger charge is 2.46. The normalized spacial score (nSPS) is 29.2. The Labute approximate surface area is 197 Å². The van der Waals surface area contributed by atoms with E-state index in [-0.39, 0.29) is 24.1 Å². The Morgan fingerprint density at radius 3 is 2.53 bits per heavy atom. The first kappa shape index (κ1) is 22.7. The summed E-state index contributed by atoms with van der Waals surface area (Å²) < 4.78 is 3.18. The summed E-state index contributed by atoms with van der Waals surface area (Å²) in [5.41, 5.74) is 2.82. The summed E-state index contributed by atoms with van der Waals surface area (Å²) in [4.78, 5) is 49.9. The van der Waals surface area contributed by atoms with Crippen molar-refractivity contribution in [3.63, 3.8) is 0 Å². The number of aryl methyl sites for hydroxylation is 1. The molecule has 1 aromatic carbocycles. The van der Waals surface area contributed by atoms with E-state index in [0.717, 1.165) is 61.5 Å². The van der Waals surface area contributed by atoms with Gasteiger partial charge in [-0.15, -0.1) is 0 Å². The van der Waals surface area contributed by atoms with Crippen LogP contribution in [0.5, 0.6) is 0 Å². The smallest absolute Gasteiger partial charge is 0.407 e. The summed E-state index contributed by atoms with van der Waals surface area (Å²) in [5.74, 6) is -0.174. The highest BCUT2D eigenvalue weighted by molar-refractivity contribution is 6.00. The summed E-state index contributed by atoms with van der Waals surface area (Å²) in [6, 6.07) is 5.35. The Kier molecular flexibility index (Phi) is 5.53. The fraction of sp³-hybridized carbons (Fsp3) is 0.600. The number of amides is 3. The van der Waals surface area contributed by atoms with Gasteiger partial charge in [-0.25, -0.2) is 9.59 Å². The number of hydrogen-bond donors (Lipinski definition) is 2. The molecule has 1 aliphatic heterocycles. The lowest BCUT2D eigenvalue weighted by Gasteiger charge is -2.52. The number of carbonyl (C=O) groups excluding carboxylic acids is 2. The number of imidazole rings is 1. The molecule has 1 spiro atoms. The van der Waals surface area contributed by atoms with Gasteiger partial charge in [-0.3, -0.25) is 24.0 Å². The lowest BCUT2D eigenvalue weighted by Crippen LogP contribution is -2.46. The molecule has 2 heterocycles. The zero-order valence-corrected chi connectivity index (χ0v) is 19.7. The van der Waals surface area contributed by atoms with Crippen molar-refractivity contribution < 1.29 is 19.5 Å². The van der Waals surface area contributed by atoms with Crippen LogP contribution in [0.25, 0.3) is 11.0 Å². The van der Waals surface area contributed by atoms with Gasteiger partial charge in [0.2, 0.25) is 11.8 Å². The maximum absolute atomic E-state index is 13.1. The van der Waals surface area contributed by atoms with Crippen LogP contribution >= 0.6 is 0 Å². The SMILES string of the molecule is CN(C(=O)O)C1CCC2(CC1)CC(Cc1cccc3c1n(C)c(=O)n3C1CCC(=O)NC1=O)C2. The van der Waals surface area contributed by atoms with Crippen molar-refractivity contribution in [3.8, 4) is 0 Å². The van der Waals surface area contributed by atoms with E-state index in [4.69, 9.17) is 0 Å². The van der Waals surface area contributed by atoms with E-state index in [1.165, 1.54) is 4.90 Å². The minimum atomic E-state index is -0.851. The summed E-state index contributed by atoms with van der Waals surface area (Å²) in [6.45, 7) is 0. The number of imide groups is 1. The van der Waals surface area contributed by atoms with Crippen LogP contribution in [-0.4, -0.2) is 50.1 Å². The molecule has 1 unspecified atom stereocenters. The van der Waals surface area contributed by atoms with E-state index in [0.29, 0.717) is 17.8 Å². The van der Waals surface area contributed by atoms with Crippen LogP contribution in [0.4, 0.5) is 4.79 Å². The molecule has 9 heteroatoms. The van der Waals surface area contributed by atoms with Crippen LogP contribution in [0, 0.1) is 11.3 Å². The number of carboxylic acid groups (broad SMARTS) is 1. The molecule has 5 rings (SSSR count). The zero-order chi connectivity index (χ0) is 24.2. The molecule has 34 heavy (non-hydrogen) atoms. The van der Waals surface area contributed by atoms with Gasteiger partial charge in [0.05, 0.1) is 11.0 Å². The third-order valence-electron chi connectivity index (χ3n) is 8.53. The number of rotatable bonds is 4. The number of para-hydroxylation sites is 1. The van der Waals surface area contributed by atoms with Crippen LogP contribution < -0.4 is 11.0 Å². The first-order chi connectivity index (χ1) is 16.2. The Morgan fingerprint density at radius 1 is 1.18 bits per heavy atom. The van der Waals surface area contributed by atoms with Crippen LogP contribution in [0.1, 0.15) is 63.0 Å². The van der Waals surface area contributed by atoms with Crippen molar-refractivity contribution in [3.05, 3.63) is 34.2 Å². The molecule has 3 fully saturated rings. The number of nitrogens with one attached hydrogen (secondary N) is 1. The maximum atomic E-state index is 13.1. The average molecular weight is 469 g/mol. The van der Waals surface area contributed by atoms with Gasteiger partial charge in [0.1, 0.15) is 6.04 Å². The topological polar surface area (TPSA) is 114 Å². The second-order valence-electron chi connectivity index (χ2n) is 10.6. The number of nitrogens with zero attached hydrogens (tertiary/aromatic N) is 3. The molecule has 0 bridgehead atoms. The molecule has 1 atom stereocenters. The highest BCUT2D eigenvalue weighted by Crippen LogP contribution is 2.56. The summed E-state index contributed by atoms with van der Waals surface area (Å²) >= 11 is 0. The Bertz CT molecular complexity index is 1210. The number of hydrogen-bond acceptors (Lipinski definition) is 4. The lowest BCUT2D eigenvalue weighted by molar-refractivity contribution is -0.135. The molecule has 3 aliphatic rings. The van der Waals surface area contributed by atoms with Gasteiger partial charge in [-0.05, 0) is 74.3 Å². The highest BCUT2D eigenvalue weighted by atomic mass is 16.4. The second kappa shape index (κ2) is 8.29. The number of aromatic nitrogens is 2. The summed E-state index contributed by atoms with van der Waals surface area (Å²) in [7, 11) is 3.42. The molecule has 2 aromatic rings. The van der Waals surface area contributed by atoms with E-state index < -0.39 is 18.0 Å². The predicted molar refractivity (Wildman–Crippen MR) is 126 cm³/mol. The third-order valence-corrected chi connectivity index (χ3v) is 8.53. The van der Waals surface area contributed by atoms with Crippen molar-refractivity contribution in [2.24, 2.45) is 18.4 Å². The van der Waals surface area contributed by atoms with Crippen molar-refractivity contribution >= 4 is 28.9 Å². The number of piperidine rings is 1. The molecular formula is C25H32N4O5. The van der Waals surface area contributed by atoms with Gasteiger partial charge in [-0.1, -0.05) is 12.1 Å². The molecule has 3 amide bonds. The molecule has 2 N–H and O–H groups in total. The van der Waals surface area contributed by atoms with Crippen molar-refractivity contribution in [2.45, 2.75) is 69.9 Å². The van der Waals surface area contributed by atoms with E-state index in [2.05, 4.69) is 11.4 Å². The van der Waals surface area contributed by atoms with Crippen molar-refractivity contribution in [1.82, 2.24) is 19.4 Å². The lowest BCUT2D eigenvalue weighted by atomic mass is 9.54. The van der Waals surface area contributed by atoms with Crippen molar-refractivity contribution in [1.29, 1.82) is 0 Å². The molecule has 2 saturated carbocycles. The molecule has 9 nitrogen and oxygen atoms in total. The zero-order valence-electron chi connectivity index (χ0n) is 19.7. The quantitative estimate of drug-likeness (QED) is 0.670. The first-order valence-electron chi connectivity index (χ1n) is 12.2. The van der Waals surface area contributed by atoms with Crippen LogP contribution in [0.2, 0.25) is 0 Å². The fourth-order valence-electron chi connectivity index (χ4n) is 6.70. The molecule has 1 aromatic heterocycles. The third kappa shape index (κ3) is 3.71. The van der Waals surface area contributed by atoms with Gasteiger partial charge in [0.25, 0.3) is 0 Å². The Hall–Kier alpha value is -3.10. The standard InChI is InChI=1S/C25H32N4O5/c1-27(24(33)34)17-8-10-25(11-9-17)13-15(14-25)12-16-4-3-5-18-21(16)28(2)23(32)29(18)19-6-7-20(30)26-22(19)31/h3-5,15,17,19H,6-14H2,1-2H3,(H,33,34)(H,26,30,31). The second-order valence-corrected chi connectivity index (χ2v) is 10.6. The largest absolute Gasteiger partial charge is 0.465 e. The molecule has 1 saturated heterocycles. The minimum Gasteiger partial charge on any atom is -0.465 e. The number of fused-ring (bicyclic) bond motifs is 1. The van der Waals surface area contributed by atoms with Gasteiger partial charge >= 0.3 is 11.8 Å². The number of carbonyl (C=O) groups is 3. The van der Waals surface area contributed by atoms with Crippen LogP contribution in [0.3, 0.4) is 0 Å². The van der Waals surface area contributed by atoms with Gasteiger partial charge in [-0.2, -0.15) is 0 Å². The molecule has 0 radical (unpaired) electrons. The predicted octanol–water partition coefficient (Wildman–Crippen LogP) is 2.81. The fourth-order valence-corrected chi connectivity index (χ4v) is 6.70. The molecule has 2 aliphatic carbocycles. The molecular weight excluding hydrogens is 436 g/mol. The maximum Gasteiger partial charge on any atom is 0.407 e. The van der Waals surface area contributed by atoms with Crippen molar-refractivity contribution in [2.75, 3.05) is 7.05 Å². The summed E-state index contributed by atoms with van der Waals surface area (Å²) in [5, 5.41) is 11.6. The van der Waals surface area contributed by atoms with E-state index in [1.54, 1.807) is 23.2 Å². The molecule has 182 valence electrons. The van der Waals surface area contributed by atoms with Gasteiger partial charge in [0.15, 0.2) is 0 Å². The minimum absolute atomic E-state index is 0.123. The van der Waals surface area contributed by atoms with E-state index in [9.17, 15) is 24.3 Å². The summed E-state index contributed by atoms with van der Waals surface area (Å²) in [6.07, 6.45) is 6.84.